The van der Waals surface area contributed by atoms with E-state index in [-0.39, 0.29) is 6.04 Å². The van der Waals surface area contributed by atoms with E-state index in [1.54, 1.807) is 12.1 Å². The lowest BCUT2D eigenvalue weighted by Crippen LogP contribution is -2.46. The molecule has 1 fully saturated rings. The van der Waals surface area contributed by atoms with Crippen LogP contribution >= 0.6 is 0 Å². The van der Waals surface area contributed by atoms with Gasteiger partial charge in [0, 0.05) is 19.1 Å². The number of rotatable bonds is 5. The summed E-state index contributed by atoms with van der Waals surface area (Å²) in [5.41, 5.74) is 2.13. The zero-order chi connectivity index (χ0) is 15.5. The molecular formula is C15H24N2O3S. The smallest absolute Gasteiger partial charge is 0.243 e. The predicted molar refractivity (Wildman–Crippen MR) is 82.7 cm³/mol. The zero-order valence-electron chi connectivity index (χ0n) is 12.9. The van der Waals surface area contributed by atoms with Crippen molar-refractivity contribution in [1.29, 1.82) is 0 Å². The molecule has 21 heavy (non-hydrogen) atoms. The van der Waals surface area contributed by atoms with Gasteiger partial charge in [0.05, 0.1) is 18.1 Å². The molecule has 1 aliphatic heterocycles. The van der Waals surface area contributed by atoms with E-state index >= 15 is 0 Å². The van der Waals surface area contributed by atoms with Crippen LogP contribution in [0.1, 0.15) is 25.0 Å². The number of ether oxygens (including phenoxy) is 1. The third kappa shape index (κ3) is 3.63. The molecule has 1 heterocycles. The highest BCUT2D eigenvalue weighted by atomic mass is 32.2. The molecule has 1 aromatic rings. The standard InChI is InChI=1S/C15H24N2O3S/c1-4-16-10-14-9-15(6-5-12(14)2)21(18,19)17-7-8-20-11-13(17)3/h5-6,9,13,16H,4,7-8,10-11H2,1-3H3. The lowest BCUT2D eigenvalue weighted by Gasteiger charge is -2.32. The van der Waals surface area contributed by atoms with Gasteiger partial charge in [-0.3, -0.25) is 0 Å². The normalized spacial score (nSPS) is 20.6. The van der Waals surface area contributed by atoms with Gasteiger partial charge in [-0.1, -0.05) is 13.0 Å². The van der Waals surface area contributed by atoms with Crippen molar-refractivity contribution < 1.29 is 13.2 Å². The molecule has 0 saturated carbocycles. The quantitative estimate of drug-likeness (QED) is 0.895. The van der Waals surface area contributed by atoms with Gasteiger partial charge in [-0.15, -0.1) is 0 Å². The molecule has 1 aromatic carbocycles. The van der Waals surface area contributed by atoms with Crippen LogP contribution in [-0.4, -0.2) is 45.1 Å². The van der Waals surface area contributed by atoms with Crippen molar-refractivity contribution in [3.63, 3.8) is 0 Å². The van der Waals surface area contributed by atoms with E-state index in [4.69, 9.17) is 4.74 Å². The maximum atomic E-state index is 12.8. The van der Waals surface area contributed by atoms with Crippen LogP contribution in [0.2, 0.25) is 0 Å². The van der Waals surface area contributed by atoms with E-state index in [2.05, 4.69) is 5.32 Å². The molecule has 118 valence electrons. The topological polar surface area (TPSA) is 58.6 Å². The van der Waals surface area contributed by atoms with Gasteiger partial charge in [-0.05, 0) is 43.7 Å². The van der Waals surface area contributed by atoms with Crippen LogP contribution in [0.5, 0.6) is 0 Å². The molecule has 1 atom stereocenters. The minimum Gasteiger partial charge on any atom is -0.378 e. The first-order valence-corrected chi connectivity index (χ1v) is 8.80. The van der Waals surface area contributed by atoms with E-state index < -0.39 is 10.0 Å². The minimum atomic E-state index is -3.45. The average molecular weight is 312 g/mol. The Balaban J connectivity index is 2.31. The van der Waals surface area contributed by atoms with E-state index in [9.17, 15) is 8.42 Å². The Kier molecular flexibility index (Phi) is 5.37. The van der Waals surface area contributed by atoms with Crippen LogP contribution in [0, 0.1) is 6.92 Å². The number of benzene rings is 1. The molecule has 1 unspecified atom stereocenters. The molecule has 0 bridgehead atoms. The van der Waals surface area contributed by atoms with Gasteiger partial charge in [0.2, 0.25) is 10.0 Å². The van der Waals surface area contributed by atoms with E-state index in [0.717, 1.165) is 17.7 Å². The highest BCUT2D eigenvalue weighted by molar-refractivity contribution is 7.89. The molecule has 1 N–H and O–H groups in total. The fraction of sp³-hybridized carbons (Fsp3) is 0.600. The second-order valence-corrected chi connectivity index (χ2v) is 7.30. The van der Waals surface area contributed by atoms with Crippen molar-refractivity contribution >= 4 is 10.0 Å². The maximum absolute atomic E-state index is 12.8. The lowest BCUT2D eigenvalue weighted by atomic mass is 10.1. The molecule has 1 saturated heterocycles. The minimum absolute atomic E-state index is 0.123. The number of nitrogens with zero attached hydrogens (tertiary/aromatic N) is 1. The highest BCUT2D eigenvalue weighted by Crippen LogP contribution is 2.22. The Bertz CT molecular complexity index is 587. The van der Waals surface area contributed by atoms with Gasteiger partial charge in [-0.25, -0.2) is 8.42 Å². The van der Waals surface area contributed by atoms with Crippen molar-refractivity contribution in [2.24, 2.45) is 0 Å². The summed E-state index contributed by atoms with van der Waals surface area (Å²) in [4.78, 5) is 0.370. The third-order valence-electron chi connectivity index (χ3n) is 3.80. The molecule has 5 nitrogen and oxygen atoms in total. The van der Waals surface area contributed by atoms with Crippen LogP contribution in [0.3, 0.4) is 0 Å². The summed E-state index contributed by atoms with van der Waals surface area (Å²) in [6.45, 7) is 8.78. The second-order valence-electron chi connectivity index (χ2n) is 5.41. The Labute approximate surface area is 127 Å². The Hall–Kier alpha value is -0.950. The summed E-state index contributed by atoms with van der Waals surface area (Å²) >= 11 is 0. The lowest BCUT2D eigenvalue weighted by molar-refractivity contribution is 0.0392. The molecule has 6 heteroatoms. The van der Waals surface area contributed by atoms with Gasteiger partial charge in [0.15, 0.2) is 0 Å². The Morgan fingerprint density at radius 2 is 2.19 bits per heavy atom. The van der Waals surface area contributed by atoms with Gasteiger partial charge in [0.25, 0.3) is 0 Å². The van der Waals surface area contributed by atoms with E-state index in [0.29, 0.717) is 31.2 Å². The first-order valence-electron chi connectivity index (χ1n) is 7.36. The van der Waals surface area contributed by atoms with Gasteiger partial charge < -0.3 is 10.1 Å². The fourth-order valence-electron chi connectivity index (χ4n) is 2.46. The molecule has 0 spiro atoms. The molecule has 0 aromatic heterocycles. The third-order valence-corrected chi connectivity index (χ3v) is 5.81. The fourth-order valence-corrected chi connectivity index (χ4v) is 4.11. The molecule has 0 aliphatic carbocycles. The van der Waals surface area contributed by atoms with Gasteiger partial charge in [-0.2, -0.15) is 4.31 Å². The number of hydrogen-bond acceptors (Lipinski definition) is 4. The molecule has 1 aliphatic rings. The number of sulfonamides is 1. The Morgan fingerprint density at radius 3 is 2.86 bits per heavy atom. The maximum Gasteiger partial charge on any atom is 0.243 e. The van der Waals surface area contributed by atoms with Gasteiger partial charge in [0.1, 0.15) is 0 Å². The van der Waals surface area contributed by atoms with Crippen LogP contribution in [0.4, 0.5) is 0 Å². The average Bonchev–Trinajstić information content (AvgIpc) is 2.46. The van der Waals surface area contributed by atoms with Crippen molar-refractivity contribution in [2.45, 2.75) is 38.3 Å². The summed E-state index contributed by atoms with van der Waals surface area (Å²) in [6, 6.07) is 5.24. The Morgan fingerprint density at radius 1 is 1.43 bits per heavy atom. The first-order chi connectivity index (χ1) is 9.96. The van der Waals surface area contributed by atoms with Crippen LogP contribution in [-0.2, 0) is 21.3 Å². The van der Waals surface area contributed by atoms with Crippen LogP contribution < -0.4 is 5.32 Å². The summed E-state index contributed by atoms with van der Waals surface area (Å²) < 4.78 is 32.4. The summed E-state index contributed by atoms with van der Waals surface area (Å²) in [5, 5.41) is 3.24. The monoisotopic (exact) mass is 312 g/mol. The second kappa shape index (κ2) is 6.87. The largest absolute Gasteiger partial charge is 0.378 e. The summed E-state index contributed by atoms with van der Waals surface area (Å²) in [7, 11) is -3.45. The zero-order valence-corrected chi connectivity index (χ0v) is 13.7. The predicted octanol–water partition coefficient (Wildman–Crippen LogP) is 1.51. The van der Waals surface area contributed by atoms with Crippen molar-refractivity contribution in [2.75, 3.05) is 26.3 Å². The first kappa shape index (κ1) is 16.4. The number of hydrogen-bond donors (Lipinski definition) is 1. The van der Waals surface area contributed by atoms with E-state index in [1.165, 1.54) is 4.31 Å². The molecule has 0 amide bonds. The molecular weight excluding hydrogens is 288 g/mol. The van der Waals surface area contributed by atoms with Crippen molar-refractivity contribution in [3.8, 4) is 0 Å². The van der Waals surface area contributed by atoms with Crippen molar-refractivity contribution in [3.05, 3.63) is 29.3 Å². The number of nitrogens with one attached hydrogen (secondary N) is 1. The van der Waals surface area contributed by atoms with Crippen LogP contribution in [0.25, 0.3) is 0 Å². The number of morpholine rings is 1. The van der Waals surface area contributed by atoms with Crippen LogP contribution in [0.15, 0.2) is 23.1 Å². The van der Waals surface area contributed by atoms with E-state index in [1.807, 2.05) is 26.8 Å². The summed E-state index contributed by atoms with van der Waals surface area (Å²) in [6.07, 6.45) is 0. The number of aryl methyl sites for hydroxylation is 1. The van der Waals surface area contributed by atoms with Gasteiger partial charge >= 0.3 is 0 Å². The molecule has 2 rings (SSSR count). The SMILES string of the molecule is CCNCc1cc(S(=O)(=O)N2CCOCC2C)ccc1C. The highest BCUT2D eigenvalue weighted by Gasteiger charge is 2.31. The molecule has 0 radical (unpaired) electrons. The van der Waals surface area contributed by atoms with Crippen molar-refractivity contribution in [1.82, 2.24) is 9.62 Å². The summed E-state index contributed by atoms with van der Waals surface area (Å²) in [5.74, 6) is 0.